The molecule has 8 nitrogen and oxygen atoms in total. The van der Waals surface area contributed by atoms with E-state index in [4.69, 9.17) is 0 Å². The molecule has 180 valence electrons. The molecule has 11 heteroatoms. The van der Waals surface area contributed by atoms with Gasteiger partial charge in [0.05, 0.1) is 22.6 Å². The van der Waals surface area contributed by atoms with Crippen molar-refractivity contribution in [2.45, 2.75) is 46.8 Å². The van der Waals surface area contributed by atoms with Gasteiger partial charge in [-0.15, -0.1) is 0 Å². The summed E-state index contributed by atoms with van der Waals surface area (Å²) in [6.45, 7) is 10.0. The number of alkyl halides is 3. The summed E-state index contributed by atoms with van der Waals surface area (Å²) >= 11 is 0. The SMILES string of the molecule is Cc1nn(CC(C)C)c(C)c1CC(=O)N1CCN(c2ccc(C(F)(F)F)cc2[N+](=O)[O-])CC1. The van der Waals surface area contributed by atoms with Gasteiger partial charge < -0.3 is 9.80 Å². The lowest BCUT2D eigenvalue weighted by Gasteiger charge is -2.36. The van der Waals surface area contributed by atoms with Crippen LogP contribution in [0.5, 0.6) is 0 Å². The fraction of sp³-hybridized carbons (Fsp3) is 0.545. The summed E-state index contributed by atoms with van der Waals surface area (Å²) in [7, 11) is 0. The summed E-state index contributed by atoms with van der Waals surface area (Å²) in [4.78, 5) is 26.8. The predicted octanol–water partition coefficient (Wildman–Crippen LogP) is 3.97. The van der Waals surface area contributed by atoms with E-state index in [9.17, 15) is 28.1 Å². The van der Waals surface area contributed by atoms with Crippen LogP contribution in [0.4, 0.5) is 24.5 Å². The fourth-order valence-corrected chi connectivity index (χ4v) is 4.09. The first-order valence-corrected chi connectivity index (χ1v) is 10.8. The van der Waals surface area contributed by atoms with Crippen LogP contribution in [0.2, 0.25) is 0 Å². The number of aryl methyl sites for hydroxylation is 1. The van der Waals surface area contributed by atoms with E-state index >= 15 is 0 Å². The van der Waals surface area contributed by atoms with Gasteiger partial charge in [0.2, 0.25) is 5.91 Å². The van der Waals surface area contributed by atoms with Crippen LogP contribution in [0.3, 0.4) is 0 Å². The van der Waals surface area contributed by atoms with E-state index in [1.54, 1.807) is 9.80 Å². The summed E-state index contributed by atoms with van der Waals surface area (Å²) < 4.78 is 40.8. The van der Waals surface area contributed by atoms with Gasteiger partial charge in [-0.1, -0.05) is 13.8 Å². The number of halogens is 3. The molecule has 1 aliphatic rings. The number of carbonyl (C=O) groups is 1. The molecule has 0 aliphatic carbocycles. The number of nitro groups is 1. The van der Waals surface area contributed by atoms with Crippen LogP contribution in [0.1, 0.15) is 36.4 Å². The molecule has 0 N–H and O–H groups in total. The van der Waals surface area contributed by atoms with Gasteiger partial charge in [0.25, 0.3) is 5.69 Å². The Balaban J connectivity index is 1.69. The first kappa shape index (κ1) is 24.5. The Kier molecular flexibility index (Phi) is 6.99. The average molecular weight is 467 g/mol. The molecule has 33 heavy (non-hydrogen) atoms. The summed E-state index contributed by atoms with van der Waals surface area (Å²) in [6, 6.07) is 2.54. The van der Waals surface area contributed by atoms with Crippen LogP contribution in [0.15, 0.2) is 18.2 Å². The number of benzene rings is 1. The number of nitro benzene ring substituents is 1. The monoisotopic (exact) mass is 467 g/mol. The van der Waals surface area contributed by atoms with Gasteiger partial charge in [-0.05, 0) is 31.9 Å². The first-order chi connectivity index (χ1) is 15.4. The van der Waals surface area contributed by atoms with E-state index in [1.807, 2.05) is 18.5 Å². The van der Waals surface area contributed by atoms with Gasteiger partial charge in [-0.3, -0.25) is 19.6 Å². The molecule has 0 atom stereocenters. The van der Waals surface area contributed by atoms with Crippen LogP contribution >= 0.6 is 0 Å². The maximum Gasteiger partial charge on any atom is 0.416 e. The lowest BCUT2D eigenvalue weighted by molar-refractivity contribution is -0.384. The van der Waals surface area contributed by atoms with E-state index in [0.29, 0.717) is 38.2 Å². The van der Waals surface area contributed by atoms with Crippen molar-refractivity contribution in [3.63, 3.8) is 0 Å². The molecular weight excluding hydrogens is 439 g/mol. The predicted molar refractivity (Wildman–Crippen MR) is 117 cm³/mol. The highest BCUT2D eigenvalue weighted by Gasteiger charge is 2.34. The number of carbonyl (C=O) groups excluding carboxylic acids is 1. The second-order valence-corrected chi connectivity index (χ2v) is 8.73. The minimum atomic E-state index is -4.66. The molecule has 0 saturated carbocycles. The smallest absolute Gasteiger partial charge is 0.362 e. The summed E-state index contributed by atoms with van der Waals surface area (Å²) in [5.74, 6) is 0.362. The van der Waals surface area contributed by atoms with Crippen molar-refractivity contribution in [2.24, 2.45) is 5.92 Å². The molecular formula is C22H28F3N5O3. The van der Waals surface area contributed by atoms with Crippen molar-refractivity contribution in [1.29, 1.82) is 0 Å². The molecule has 1 fully saturated rings. The fourth-order valence-electron chi connectivity index (χ4n) is 4.09. The summed E-state index contributed by atoms with van der Waals surface area (Å²) in [6.07, 6.45) is -4.44. The van der Waals surface area contributed by atoms with E-state index in [2.05, 4.69) is 18.9 Å². The van der Waals surface area contributed by atoms with Gasteiger partial charge in [0.1, 0.15) is 5.69 Å². The van der Waals surface area contributed by atoms with E-state index in [-0.39, 0.29) is 18.0 Å². The van der Waals surface area contributed by atoms with Crippen LogP contribution in [-0.4, -0.2) is 51.7 Å². The number of anilines is 1. The van der Waals surface area contributed by atoms with E-state index < -0.39 is 22.4 Å². The molecule has 1 amide bonds. The topological polar surface area (TPSA) is 84.5 Å². The molecule has 1 saturated heterocycles. The molecule has 0 bridgehead atoms. The molecule has 0 spiro atoms. The van der Waals surface area contributed by atoms with Gasteiger partial charge in [-0.25, -0.2) is 0 Å². The molecule has 2 heterocycles. The average Bonchev–Trinajstić information content (AvgIpc) is 2.99. The van der Waals surface area contributed by atoms with Crippen molar-refractivity contribution < 1.29 is 22.9 Å². The molecule has 3 rings (SSSR count). The van der Waals surface area contributed by atoms with Gasteiger partial charge in [-0.2, -0.15) is 18.3 Å². The second-order valence-electron chi connectivity index (χ2n) is 8.73. The molecule has 0 radical (unpaired) electrons. The molecule has 2 aromatic rings. The van der Waals surface area contributed by atoms with Gasteiger partial charge >= 0.3 is 6.18 Å². The molecule has 1 aromatic heterocycles. The highest BCUT2D eigenvalue weighted by molar-refractivity contribution is 5.79. The number of aromatic nitrogens is 2. The maximum atomic E-state index is 13.0. The quantitative estimate of drug-likeness (QED) is 0.474. The van der Waals surface area contributed by atoms with E-state index in [0.717, 1.165) is 35.6 Å². The third kappa shape index (κ3) is 5.45. The lowest BCUT2D eigenvalue weighted by Crippen LogP contribution is -2.49. The lowest BCUT2D eigenvalue weighted by atomic mass is 10.1. The Morgan fingerprint density at radius 3 is 2.36 bits per heavy atom. The third-order valence-corrected chi connectivity index (χ3v) is 5.87. The van der Waals surface area contributed by atoms with Crippen LogP contribution in [-0.2, 0) is 23.9 Å². The second kappa shape index (κ2) is 9.40. The highest BCUT2D eigenvalue weighted by atomic mass is 19.4. The summed E-state index contributed by atoms with van der Waals surface area (Å²) in [5.41, 5.74) is 1.17. The largest absolute Gasteiger partial charge is 0.416 e. The Labute approximate surface area is 190 Å². The van der Waals surface area contributed by atoms with Crippen molar-refractivity contribution in [3.05, 3.63) is 50.8 Å². The number of piperazine rings is 1. The zero-order valence-electron chi connectivity index (χ0n) is 19.1. The minimum Gasteiger partial charge on any atom is -0.362 e. The Morgan fingerprint density at radius 1 is 1.18 bits per heavy atom. The van der Waals surface area contributed by atoms with Crippen molar-refractivity contribution >= 4 is 17.3 Å². The highest BCUT2D eigenvalue weighted by Crippen LogP contribution is 2.36. The maximum absolute atomic E-state index is 13.0. The zero-order valence-corrected chi connectivity index (χ0v) is 19.1. The normalized spacial score (nSPS) is 14.8. The number of hydrogen-bond acceptors (Lipinski definition) is 5. The Morgan fingerprint density at radius 2 is 1.82 bits per heavy atom. The molecule has 0 unspecified atom stereocenters. The Hall–Kier alpha value is -3.11. The third-order valence-electron chi connectivity index (χ3n) is 5.87. The Bertz CT molecular complexity index is 1040. The van der Waals surface area contributed by atoms with E-state index in [1.165, 1.54) is 0 Å². The summed E-state index contributed by atoms with van der Waals surface area (Å²) in [5, 5.41) is 15.9. The molecule has 1 aliphatic heterocycles. The van der Waals surface area contributed by atoms with Crippen LogP contribution < -0.4 is 4.90 Å². The number of rotatable bonds is 6. The van der Waals surface area contributed by atoms with Gasteiger partial charge in [0.15, 0.2) is 0 Å². The number of hydrogen-bond donors (Lipinski definition) is 0. The minimum absolute atomic E-state index is 0.0631. The molecule has 1 aromatic carbocycles. The van der Waals surface area contributed by atoms with Crippen molar-refractivity contribution in [2.75, 3.05) is 31.1 Å². The van der Waals surface area contributed by atoms with Crippen molar-refractivity contribution in [1.82, 2.24) is 14.7 Å². The standard InChI is InChI=1S/C22H28F3N5O3/c1-14(2)13-29-16(4)18(15(3)26-29)12-21(31)28-9-7-27(8-10-28)19-6-5-17(22(23,24)25)11-20(19)30(32)33/h5-6,11,14H,7-10,12-13H2,1-4H3. The number of nitrogens with zero attached hydrogens (tertiary/aromatic N) is 5. The van der Waals surface area contributed by atoms with Crippen LogP contribution in [0.25, 0.3) is 0 Å². The van der Waals surface area contributed by atoms with Crippen LogP contribution in [0, 0.1) is 29.9 Å². The van der Waals surface area contributed by atoms with Crippen molar-refractivity contribution in [3.8, 4) is 0 Å². The number of amides is 1. The first-order valence-electron chi connectivity index (χ1n) is 10.8. The van der Waals surface area contributed by atoms with Gasteiger partial charge in [0, 0.05) is 50.0 Å². The zero-order chi connectivity index (χ0) is 24.5.